The van der Waals surface area contributed by atoms with Crippen LogP contribution in [0.15, 0.2) is 22.7 Å². The van der Waals surface area contributed by atoms with Crippen LogP contribution in [0.2, 0.25) is 5.02 Å². The van der Waals surface area contributed by atoms with Crippen LogP contribution in [-0.4, -0.2) is 22.4 Å². The third-order valence-corrected chi connectivity index (χ3v) is 4.58. The van der Waals surface area contributed by atoms with Gasteiger partial charge in [0.05, 0.1) is 11.1 Å². The van der Waals surface area contributed by atoms with Crippen molar-refractivity contribution in [3.63, 3.8) is 0 Å². The number of halogens is 2. The highest BCUT2D eigenvalue weighted by Crippen LogP contribution is 2.39. The van der Waals surface area contributed by atoms with E-state index in [1.165, 1.54) is 0 Å². The first-order chi connectivity index (χ1) is 8.71. The second-order valence-corrected chi connectivity index (χ2v) is 7.18. The molecule has 1 aliphatic rings. The SMILES string of the molecule is CC(C)(C)N1C(=O)CC(N)C1c1ccc(Cl)c(Br)c1. The van der Waals surface area contributed by atoms with E-state index in [1.54, 1.807) is 0 Å². The van der Waals surface area contributed by atoms with Crippen molar-refractivity contribution >= 4 is 33.4 Å². The average molecular weight is 346 g/mol. The molecule has 2 rings (SSSR count). The lowest BCUT2D eigenvalue weighted by atomic mass is 9.97. The fourth-order valence-corrected chi connectivity index (χ4v) is 3.16. The molecule has 2 N–H and O–H groups in total. The molecule has 1 fully saturated rings. The normalized spacial score (nSPS) is 24.1. The van der Waals surface area contributed by atoms with Gasteiger partial charge >= 0.3 is 0 Å². The molecule has 2 unspecified atom stereocenters. The number of carbonyl (C=O) groups excluding carboxylic acids is 1. The van der Waals surface area contributed by atoms with E-state index in [-0.39, 0.29) is 23.5 Å². The fourth-order valence-electron chi connectivity index (χ4n) is 2.64. The maximum Gasteiger partial charge on any atom is 0.225 e. The zero-order valence-electron chi connectivity index (χ0n) is 11.3. The van der Waals surface area contributed by atoms with Gasteiger partial charge in [-0.05, 0) is 54.4 Å². The summed E-state index contributed by atoms with van der Waals surface area (Å²) >= 11 is 9.44. The van der Waals surface area contributed by atoms with Crippen molar-refractivity contribution in [3.8, 4) is 0 Å². The number of hydrogen-bond donors (Lipinski definition) is 1. The molecule has 0 radical (unpaired) electrons. The first-order valence-corrected chi connectivity index (χ1v) is 7.41. The van der Waals surface area contributed by atoms with Crippen molar-refractivity contribution in [2.45, 2.75) is 44.8 Å². The molecule has 5 heteroatoms. The molecule has 0 aromatic heterocycles. The Labute approximate surface area is 127 Å². The maximum atomic E-state index is 12.2. The number of benzene rings is 1. The monoisotopic (exact) mass is 344 g/mol. The highest BCUT2D eigenvalue weighted by atomic mass is 79.9. The van der Waals surface area contributed by atoms with Crippen molar-refractivity contribution in [1.82, 2.24) is 4.90 Å². The molecule has 1 aliphatic heterocycles. The van der Waals surface area contributed by atoms with E-state index >= 15 is 0 Å². The van der Waals surface area contributed by atoms with Crippen LogP contribution in [0.5, 0.6) is 0 Å². The van der Waals surface area contributed by atoms with Gasteiger partial charge in [0.15, 0.2) is 0 Å². The molecule has 0 saturated carbocycles. The number of hydrogen-bond acceptors (Lipinski definition) is 2. The third kappa shape index (κ3) is 2.81. The van der Waals surface area contributed by atoms with E-state index < -0.39 is 0 Å². The van der Waals surface area contributed by atoms with Gasteiger partial charge < -0.3 is 10.6 Å². The quantitative estimate of drug-likeness (QED) is 0.846. The summed E-state index contributed by atoms with van der Waals surface area (Å²) in [5.74, 6) is 0.107. The van der Waals surface area contributed by atoms with Gasteiger partial charge in [0.25, 0.3) is 0 Å². The molecule has 0 bridgehead atoms. The second kappa shape index (κ2) is 5.08. The van der Waals surface area contributed by atoms with Crippen molar-refractivity contribution in [3.05, 3.63) is 33.3 Å². The Balaban J connectivity index is 2.45. The first-order valence-electron chi connectivity index (χ1n) is 6.24. The summed E-state index contributed by atoms with van der Waals surface area (Å²) in [6.45, 7) is 6.09. The molecular formula is C14H18BrClN2O. The molecule has 104 valence electrons. The van der Waals surface area contributed by atoms with E-state index in [1.807, 2.05) is 43.9 Å². The number of rotatable bonds is 1. The molecule has 1 aromatic carbocycles. The Morgan fingerprint density at radius 3 is 2.58 bits per heavy atom. The molecule has 1 amide bonds. The minimum absolute atomic E-state index is 0.0962. The van der Waals surface area contributed by atoms with Gasteiger partial charge in [-0.25, -0.2) is 0 Å². The predicted octanol–water partition coefficient (Wildman–Crippen LogP) is 3.50. The van der Waals surface area contributed by atoms with Gasteiger partial charge in [0.1, 0.15) is 0 Å². The molecule has 2 atom stereocenters. The Bertz CT molecular complexity index is 513. The van der Waals surface area contributed by atoms with Gasteiger partial charge in [0, 0.05) is 22.5 Å². The van der Waals surface area contributed by atoms with Crippen LogP contribution in [-0.2, 0) is 4.79 Å². The Morgan fingerprint density at radius 2 is 2.05 bits per heavy atom. The van der Waals surface area contributed by atoms with E-state index in [4.69, 9.17) is 17.3 Å². The van der Waals surface area contributed by atoms with E-state index in [9.17, 15) is 4.79 Å². The summed E-state index contributed by atoms with van der Waals surface area (Å²) in [7, 11) is 0. The van der Waals surface area contributed by atoms with Gasteiger partial charge in [0.2, 0.25) is 5.91 Å². The highest BCUT2D eigenvalue weighted by molar-refractivity contribution is 9.10. The predicted molar refractivity (Wildman–Crippen MR) is 81.1 cm³/mol. The van der Waals surface area contributed by atoms with Gasteiger partial charge in [-0.1, -0.05) is 17.7 Å². The second-order valence-electron chi connectivity index (χ2n) is 5.92. The van der Waals surface area contributed by atoms with Gasteiger partial charge in [-0.3, -0.25) is 4.79 Å². The largest absolute Gasteiger partial charge is 0.329 e. The summed E-state index contributed by atoms with van der Waals surface area (Å²) in [6.07, 6.45) is 0.391. The zero-order chi connectivity index (χ0) is 14.4. The minimum Gasteiger partial charge on any atom is -0.329 e. The minimum atomic E-state index is -0.248. The van der Waals surface area contributed by atoms with Crippen LogP contribution in [0.4, 0.5) is 0 Å². The van der Waals surface area contributed by atoms with Crippen LogP contribution in [0, 0.1) is 0 Å². The van der Waals surface area contributed by atoms with Gasteiger partial charge in [-0.2, -0.15) is 0 Å². The van der Waals surface area contributed by atoms with Crippen molar-refractivity contribution in [2.75, 3.05) is 0 Å². The molecule has 0 aliphatic carbocycles. The Kier molecular flexibility index (Phi) is 3.96. The Morgan fingerprint density at radius 1 is 1.42 bits per heavy atom. The summed E-state index contributed by atoms with van der Waals surface area (Å²) in [5.41, 5.74) is 6.94. The highest BCUT2D eigenvalue weighted by Gasteiger charge is 2.43. The molecule has 0 spiro atoms. The standard InChI is InChI=1S/C14H18BrClN2O/c1-14(2,3)18-12(19)7-11(17)13(18)8-4-5-10(16)9(15)6-8/h4-6,11,13H,7,17H2,1-3H3. The molecular weight excluding hydrogens is 328 g/mol. The summed E-state index contributed by atoms with van der Waals surface area (Å²) in [6, 6.07) is 5.44. The van der Waals surface area contributed by atoms with Crippen molar-refractivity contribution in [1.29, 1.82) is 0 Å². The Hall–Kier alpha value is -0.580. The van der Waals surface area contributed by atoms with Gasteiger partial charge in [-0.15, -0.1) is 0 Å². The molecule has 1 saturated heterocycles. The lowest BCUT2D eigenvalue weighted by molar-refractivity contribution is -0.133. The van der Waals surface area contributed by atoms with E-state index in [0.29, 0.717) is 11.4 Å². The van der Waals surface area contributed by atoms with Crippen LogP contribution in [0.3, 0.4) is 0 Å². The fraction of sp³-hybridized carbons (Fsp3) is 0.500. The summed E-state index contributed by atoms with van der Waals surface area (Å²) in [4.78, 5) is 14.1. The number of nitrogens with zero attached hydrogens (tertiary/aromatic N) is 1. The number of nitrogens with two attached hydrogens (primary N) is 1. The van der Waals surface area contributed by atoms with Crippen molar-refractivity contribution in [2.24, 2.45) is 5.73 Å². The molecule has 19 heavy (non-hydrogen) atoms. The van der Waals surface area contributed by atoms with Crippen molar-refractivity contribution < 1.29 is 4.79 Å². The van der Waals surface area contributed by atoms with E-state index in [2.05, 4.69) is 15.9 Å². The number of likely N-dealkylation sites (tertiary alicyclic amines) is 1. The zero-order valence-corrected chi connectivity index (χ0v) is 13.6. The average Bonchev–Trinajstić information content (AvgIpc) is 2.57. The molecule has 1 aromatic rings. The number of carbonyl (C=O) groups is 1. The lowest BCUT2D eigenvalue weighted by Gasteiger charge is -2.38. The molecule has 1 heterocycles. The van der Waals surface area contributed by atoms with E-state index in [0.717, 1.165) is 10.0 Å². The third-order valence-electron chi connectivity index (χ3n) is 3.37. The molecule has 3 nitrogen and oxygen atoms in total. The summed E-state index contributed by atoms with van der Waals surface area (Å²) < 4.78 is 0.826. The van der Waals surface area contributed by atoms with Crippen LogP contribution < -0.4 is 5.73 Å². The van der Waals surface area contributed by atoms with Crippen LogP contribution in [0.1, 0.15) is 38.8 Å². The number of amides is 1. The smallest absolute Gasteiger partial charge is 0.225 e. The van der Waals surface area contributed by atoms with Crippen LogP contribution in [0.25, 0.3) is 0 Å². The summed E-state index contributed by atoms with van der Waals surface area (Å²) in [5, 5.41) is 0.656. The first kappa shape index (κ1) is 14.8. The lowest BCUT2D eigenvalue weighted by Crippen LogP contribution is -2.45. The van der Waals surface area contributed by atoms with Crippen LogP contribution >= 0.6 is 27.5 Å². The topological polar surface area (TPSA) is 46.3 Å². The maximum absolute atomic E-state index is 12.2.